The number of hydrogen-bond donors (Lipinski definition) is 1. The van der Waals surface area contributed by atoms with Crippen LogP contribution < -0.4 is 10.1 Å². The van der Waals surface area contributed by atoms with Gasteiger partial charge in [-0.05, 0) is 61.3 Å². The molecule has 146 valence electrons. The third-order valence-electron chi connectivity index (χ3n) is 5.35. The molecule has 0 spiro atoms. The lowest BCUT2D eigenvalue weighted by Gasteiger charge is -2.33. The van der Waals surface area contributed by atoms with Gasteiger partial charge >= 0.3 is 0 Å². The number of aromatic nitrogens is 2. The average Bonchev–Trinajstić information content (AvgIpc) is 3.22. The summed E-state index contributed by atoms with van der Waals surface area (Å²) >= 11 is 0. The normalized spacial score (nSPS) is 17.5. The molecule has 1 fully saturated rings. The Morgan fingerprint density at radius 2 is 2.11 bits per heavy atom. The molecule has 1 saturated heterocycles. The van der Waals surface area contributed by atoms with Crippen LogP contribution in [0, 0.1) is 0 Å². The number of pyridine rings is 1. The fourth-order valence-corrected chi connectivity index (χ4v) is 3.92. The standard InChI is InChI=1S/C23H28N4O/c1-28-22-10-4-7-19(15-22)17-26-13-5-8-20(18-26)25-16-21-9-6-14-27(21)23-11-2-3-12-24-23/h2-4,6-7,9-12,14-15,20,25H,5,8,13,16-18H2,1H3. The molecular formula is C23H28N4O. The maximum Gasteiger partial charge on any atom is 0.136 e. The van der Waals surface area contributed by atoms with Crippen molar-refractivity contribution in [3.8, 4) is 11.6 Å². The molecule has 1 atom stereocenters. The molecule has 0 amide bonds. The molecule has 1 N–H and O–H groups in total. The minimum Gasteiger partial charge on any atom is -0.497 e. The van der Waals surface area contributed by atoms with Gasteiger partial charge in [-0.15, -0.1) is 0 Å². The van der Waals surface area contributed by atoms with Crippen LogP contribution in [0.25, 0.3) is 5.82 Å². The van der Waals surface area contributed by atoms with Gasteiger partial charge in [-0.3, -0.25) is 4.90 Å². The molecule has 2 aromatic heterocycles. The fraction of sp³-hybridized carbons (Fsp3) is 0.348. The number of nitrogens with zero attached hydrogens (tertiary/aromatic N) is 3. The predicted octanol–water partition coefficient (Wildman–Crippen LogP) is 3.64. The van der Waals surface area contributed by atoms with Gasteiger partial charge in [-0.1, -0.05) is 18.2 Å². The smallest absolute Gasteiger partial charge is 0.136 e. The average molecular weight is 377 g/mol. The van der Waals surface area contributed by atoms with Crippen LogP contribution in [0.4, 0.5) is 0 Å². The summed E-state index contributed by atoms with van der Waals surface area (Å²) < 4.78 is 7.51. The summed E-state index contributed by atoms with van der Waals surface area (Å²) in [5.41, 5.74) is 2.55. The molecule has 28 heavy (non-hydrogen) atoms. The van der Waals surface area contributed by atoms with E-state index in [2.05, 4.69) is 56.3 Å². The fourth-order valence-electron chi connectivity index (χ4n) is 3.92. The van der Waals surface area contributed by atoms with Crippen molar-refractivity contribution in [2.24, 2.45) is 0 Å². The minimum absolute atomic E-state index is 0.506. The van der Waals surface area contributed by atoms with Gasteiger partial charge in [0.2, 0.25) is 0 Å². The quantitative estimate of drug-likeness (QED) is 0.684. The highest BCUT2D eigenvalue weighted by Gasteiger charge is 2.20. The van der Waals surface area contributed by atoms with Crippen LogP contribution in [0.15, 0.2) is 67.0 Å². The minimum atomic E-state index is 0.506. The highest BCUT2D eigenvalue weighted by Crippen LogP contribution is 2.18. The number of ether oxygens (including phenoxy) is 1. The van der Waals surface area contributed by atoms with E-state index in [4.69, 9.17) is 4.74 Å². The van der Waals surface area contributed by atoms with Crippen LogP contribution in [0.3, 0.4) is 0 Å². The largest absolute Gasteiger partial charge is 0.497 e. The van der Waals surface area contributed by atoms with Crippen LogP contribution in [0.1, 0.15) is 24.1 Å². The van der Waals surface area contributed by atoms with E-state index in [0.29, 0.717) is 6.04 Å². The molecule has 1 aliphatic heterocycles. The van der Waals surface area contributed by atoms with Gasteiger partial charge in [0.1, 0.15) is 11.6 Å². The number of hydrogen-bond acceptors (Lipinski definition) is 4. The lowest BCUT2D eigenvalue weighted by Crippen LogP contribution is -2.45. The Balaban J connectivity index is 1.34. The van der Waals surface area contributed by atoms with E-state index in [1.807, 2.05) is 30.5 Å². The number of rotatable bonds is 7. The van der Waals surface area contributed by atoms with Gasteiger partial charge in [0.25, 0.3) is 0 Å². The van der Waals surface area contributed by atoms with Gasteiger partial charge in [0.05, 0.1) is 7.11 Å². The van der Waals surface area contributed by atoms with Crippen LogP contribution in [-0.4, -0.2) is 40.7 Å². The topological polar surface area (TPSA) is 42.3 Å². The van der Waals surface area contributed by atoms with Crippen molar-refractivity contribution < 1.29 is 4.74 Å². The predicted molar refractivity (Wildman–Crippen MR) is 112 cm³/mol. The number of methoxy groups -OCH3 is 1. The van der Waals surface area contributed by atoms with E-state index < -0.39 is 0 Å². The summed E-state index contributed by atoms with van der Waals surface area (Å²) in [5.74, 6) is 1.90. The first-order chi connectivity index (χ1) is 13.8. The summed E-state index contributed by atoms with van der Waals surface area (Å²) in [4.78, 5) is 7.00. The molecule has 3 heterocycles. The Hall–Kier alpha value is -2.63. The summed E-state index contributed by atoms with van der Waals surface area (Å²) in [6, 6.07) is 19.2. The van der Waals surface area contributed by atoms with Gasteiger partial charge in [0, 0.05) is 43.8 Å². The van der Waals surface area contributed by atoms with Gasteiger partial charge < -0.3 is 14.6 Å². The van der Waals surface area contributed by atoms with E-state index in [1.165, 1.54) is 24.1 Å². The zero-order valence-corrected chi connectivity index (χ0v) is 16.4. The van der Waals surface area contributed by atoms with Crippen molar-refractivity contribution in [1.82, 2.24) is 19.8 Å². The molecule has 1 unspecified atom stereocenters. The third-order valence-corrected chi connectivity index (χ3v) is 5.35. The molecule has 0 aliphatic carbocycles. The Bertz CT molecular complexity index is 877. The number of likely N-dealkylation sites (tertiary alicyclic amines) is 1. The molecule has 5 nitrogen and oxygen atoms in total. The van der Waals surface area contributed by atoms with Crippen molar-refractivity contribution in [2.75, 3.05) is 20.2 Å². The first-order valence-corrected chi connectivity index (χ1v) is 9.98. The Labute approximate surface area is 167 Å². The van der Waals surface area contributed by atoms with Gasteiger partial charge in [-0.2, -0.15) is 0 Å². The summed E-state index contributed by atoms with van der Waals surface area (Å²) in [7, 11) is 1.72. The van der Waals surface area contributed by atoms with Crippen molar-refractivity contribution >= 4 is 0 Å². The molecule has 1 aliphatic rings. The van der Waals surface area contributed by atoms with Gasteiger partial charge in [0.15, 0.2) is 0 Å². The second-order valence-electron chi connectivity index (χ2n) is 7.36. The van der Waals surface area contributed by atoms with Crippen molar-refractivity contribution in [3.05, 3.63) is 78.2 Å². The maximum absolute atomic E-state index is 5.35. The summed E-state index contributed by atoms with van der Waals surface area (Å²) in [5, 5.41) is 3.76. The molecule has 4 rings (SSSR count). The SMILES string of the molecule is COc1cccc(CN2CCCC(NCc3cccn3-c3ccccn3)C2)c1. The monoisotopic (exact) mass is 376 g/mol. The molecular weight excluding hydrogens is 348 g/mol. The molecule has 0 saturated carbocycles. The zero-order chi connectivity index (χ0) is 19.2. The lowest BCUT2D eigenvalue weighted by atomic mass is 10.0. The number of piperidine rings is 1. The molecule has 0 bridgehead atoms. The molecule has 1 aromatic carbocycles. The molecule has 0 radical (unpaired) electrons. The van der Waals surface area contributed by atoms with Crippen LogP contribution in [0.2, 0.25) is 0 Å². The highest BCUT2D eigenvalue weighted by atomic mass is 16.5. The summed E-state index contributed by atoms with van der Waals surface area (Å²) in [6.45, 7) is 4.04. The molecule has 3 aromatic rings. The molecule has 5 heteroatoms. The second kappa shape index (κ2) is 9.04. The van der Waals surface area contributed by atoms with Gasteiger partial charge in [-0.25, -0.2) is 4.98 Å². The first kappa shape index (κ1) is 18.7. The zero-order valence-electron chi connectivity index (χ0n) is 16.4. The van der Waals surface area contributed by atoms with E-state index in [9.17, 15) is 0 Å². The summed E-state index contributed by atoms with van der Waals surface area (Å²) in [6.07, 6.45) is 6.36. The number of benzene rings is 1. The highest BCUT2D eigenvalue weighted by molar-refractivity contribution is 5.29. The van der Waals surface area contributed by atoms with E-state index in [1.54, 1.807) is 7.11 Å². The van der Waals surface area contributed by atoms with Crippen molar-refractivity contribution in [1.29, 1.82) is 0 Å². The van der Waals surface area contributed by atoms with Crippen LogP contribution in [-0.2, 0) is 13.1 Å². The van der Waals surface area contributed by atoms with Crippen molar-refractivity contribution in [2.45, 2.75) is 32.0 Å². The van der Waals surface area contributed by atoms with E-state index in [0.717, 1.165) is 37.7 Å². The second-order valence-corrected chi connectivity index (χ2v) is 7.36. The lowest BCUT2D eigenvalue weighted by molar-refractivity contribution is 0.182. The van der Waals surface area contributed by atoms with Crippen molar-refractivity contribution in [3.63, 3.8) is 0 Å². The first-order valence-electron chi connectivity index (χ1n) is 9.98. The van der Waals surface area contributed by atoms with Crippen LogP contribution >= 0.6 is 0 Å². The number of nitrogens with one attached hydrogen (secondary N) is 1. The maximum atomic E-state index is 5.35. The Kier molecular flexibility index (Phi) is 6.04. The Morgan fingerprint density at radius 1 is 1.14 bits per heavy atom. The van der Waals surface area contributed by atoms with E-state index >= 15 is 0 Å². The van der Waals surface area contributed by atoms with E-state index in [-0.39, 0.29) is 0 Å². The Morgan fingerprint density at radius 3 is 2.96 bits per heavy atom. The van der Waals surface area contributed by atoms with Crippen LogP contribution in [0.5, 0.6) is 5.75 Å². The third kappa shape index (κ3) is 4.61.